The molecule has 0 aliphatic rings. The lowest BCUT2D eigenvalue weighted by Gasteiger charge is -1.84. The highest BCUT2D eigenvalue weighted by molar-refractivity contribution is 5.71. The lowest BCUT2D eigenvalue weighted by Crippen LogP contribution is -1.87. The third-order valence-electron chi connectivity index (χ3n) is 0.940. The van der Waals surface area contributed by atoms with Gasteiger partial charge in [0.25, 0.3) is 0 Å². The van der Waals surface area contributed by atoms with Crippen molar-refractivity contribution in [1.82, 2.24) is 4.98 Å². The summed E-state index contributed by atoms with van der Waals surface area (Å²) in [5.41, 5.74) is 8.44. The normalized spacial score (nSPS) is 8.50. The van der Waals surface area contributed by atoms with Gasteiger partial charge in [0.15, 0.2) is 0 Å². The van der Waals surface area contributed by atoms with E-state index in [2.05, 4.69) is 9.77 Å². The Morgan fingerprint density at radius 1 is 1.60 bits per heavy atom. The van der Waals surface area contributed by atoms with E-state index < -0.39 is 5.82 Å². The quantitative estimate of drug-likeness (QED) is 0.322. The van der Waals surface area contributed by atoms with E-state index in [-0.39, 0.29) is 0 Å². The molecule has 1 rings (SSSR count). The summed E-state index contributed by atoms with van der Waals surface area (Å²) in [4.78, 5) is 6.31. The van der Waals surface area contributed by atoms with Gasteiger partial charge in [0, 0.05) is 0 Å². The largest absolute Gasteiger partial charge is 0.361 e. The Morgan fingerprint density at radius 2 is 2.40 bits per heavy atom. The Morgan fingerprint density at radius 3 is 2.90 bits per heavy atom. The minimum absolute atomic E-state index is 0.407. The van der Waals surface area contributed by atoms with Crippen molar-refractivity contribution in [2.24, 2.45) is 0 Å². The Bertz CT molecular complexity index is 261. The van der Waals surface area contributed by atoms with Crippen LogP contribution < -0.4 is 0 Å². The molecule has 50 valence electrons. The van der Waals surface area contributed by atoms with E-state index >= 15 is 0 Å². The van der Waals surface area contributed by atoms with Gasteiger partial charge in [0.2, 0.25) is 0 Å². The number of pyridine rings is 1. The summed E-state index contributed by atoms with van der Waals surface area (Å²) >= 11 is 0. The highest BCUT2D eigenvalue weighted by atomic mass is 19.1. The van der Waals surface area contributed by atoms with Crippen LogP contribution in [0.5, 0.6) is 0 Å². The van der Waals surface area contributed by atoms with Crippen molar-refractivity contribution in [1.29, 1.82) is 0 Å². The first-order valence-corrected chi connectivity index (χ1v) is 2.62. The molecule has 0 unspecified atom stereocenters. The molecule has 0 fully saturated rings. The van der Waals surface area contributed by atoms with E-state index in [1.165, 1.54) is 12.1 Å². The first kappa shape index (κ1) is 6.58. The monoisotopic (exact) mass is 137 g/mol. The van der Waals surface area contributed by atoms with Gasteiger partial charge in [-0.3, -0.25) is 0 Å². The zero-order chi connectivity index (χ0) is 7.40. The van der Waals surface area contributed by atoms with Crippen molar-refractivity contribution in [3.8, 4) is 0 Å². The molecule has 0 saturated carbocycles. The van der Waals surface area contributed by atoms with Crippen molar-refractivity contribution < 1.29 is 9.18 Å². The molecular formula is C6H4FN3. The molecule has 1 aromatic heterocycles. The molecule has 0 spiro atoms. The van der Waals surface area contributed by atoms with Crippen LogP contribution in [-0.2, 0) is 0 Å². The van der Waals surface area contributed by atoms with Crippen LogP contribution in [0.2, 0.25) is 0 Å². The van der Waals surface area contributed by atoms with Crippen LogP contribution in [0.15, 0.2) is 18.3 Å². The summed E-state index contributed by atoms with van der Waals surface area (Å²) in [5.74, 6) is -0.407. The van der Waals surface area contributed by atoms with Crippen LogP contribution >= 0.6 is 0 Å². The molecule has 0 amide bonds. The zero-order valence-electron chi connectivity index (χ0n) is 5.03. The summed E-state index contributed by atoms with van der Waals surface area (Å²) in [6.07, 6.45) is 2.18. The number of halogens is 1. The smallest absolute Gasteiger partial charge is 0.305 e. The predicted molar refractivity (Wildman–Crippen MR) is 33.0 cm³/mol. The topological polar surface area (TPSA) is 49.3 Å². The van der Waals surface area contributed by atoms with Gasteiger partial charge in [-0.25, -0.2) is 9.37 Å². The third kappa shape index (κ3) is 1.47. The van der Waals surface area contributed by atoms with Crippen molar-refractivity contribution in [3.63, 3.8) is 0 Å². The van der Waals surface area contributed by atoms with Gasteiger partial charge >= 0.3 is 6.21 Å². The lowest BCUT2D eigenvalue weighted by atomic mass is 10.4. The van der Waals surface area contributed by atoms with Crippen LogP contribution in [0.4, 0.5) is 4.39 Å². The van der Waals surface area contributed by atoms with Crippen LogP contribution in [0.1, 0.15) is 5.69 Å². The number of hydrogen-bond donors (Lipinski definition) is 0. The number of nitrogens with zero attached hydrogens (tertiary/aromatic N) is 3. The lowest BCUT2D eigenvalue weighted by molar-refractivity contribution is 0.00426. The molecule has 1 heterocycles. The molecule has 0 radical (unpaired) electrons. The van der Waals surface area contributed by atoms with Gasteiger partial charge in [-0.15, -0.1) is 0 Å². The Kier molecular flexibility index (Phi) is 1.87. The molecule has 1 aromatic rings. The van der Waals surface area contributed by atoms with Crippen molar-refractivity contribution >= 4 is 6.21 Å². The van der Waals surface area contributed by atoms with E-state index in [4.69, 9.17) is 5.53 Å². The van der Waals surface area contributed by atoms with Gasteiger partial charge in [0.1, 0.15) is 11.5 Å². The molecule has 3 nitrogen and oxygen atoms in total. The average molecular weight is 137 g/mol. The second kappa shape index (κ2) is 2.85. The summed E-state index contributed by atoms with van der Waals surface area (Å²) in [6.45, 7) is 0. The van der Waals surface area contributed by atoms with E-state index in [1.54, 1.807) is 0 Å². The van der Waals surface area contributed by atoms with Crippen molar-refractivity contribution in [3.05, 3.63) is 35.4 Å². The van der Waals surface area contributed by atoms with E-state index in [9.17, 15) is 4.39 Å². The average Bonchev–Trinajstić information content (AvgIpc) is 1.95. The van der Waals surface area contributed by atoms with Gasteiger partial charge in [-0.05, 0) is 12.1 Å². The number of hydrogen-bond acceptors (Lipinski definition) is 1. The van der Waals surface area contributed by atoms with Crippen molar-refractivity contribution in [2.45, 2.75) is 0 Å². The molecule has 10 heavy (non-hydrogen) atoms. The molecule has 0 atom stereocenters. The van der Waals surface area contributed by atoms with Crippen LogP contribution in [-0.4, -0.2) is 16.0 Å². The second-order valence-electron chi connectivity index (χ2n) is 1.65. The number of rotatable bonds is 1. The molecule has 0 aliphatic heterocycles. The molecule has 0 aliphatic carbocycles. The molecule has 0 saturated heterocycles. The summed E-state index contributed by atoms with van der Waals surface area (Å²) in [7, 11) is 0. The molecule has 0 bridgehead atoms. The van der Waals surface area contributed by atoms with Gasteiger partial charge in [-0.2, -0.15) is 4.79 Å². The standard InChI is InChI=1S/C6H4FN3/c7-5-1-2-6(4-10-8)9-3-5/h1-4H. The SMILES string of the molecule is [N-]=[N+]=Cc1ccc(F)cn1. The Hall–Kier alpha value is -1.54. The van der Waals surface area contributed by atoms with E-state index in [0.29, 0.717) is 5.69 Å². The van der Waals surface area contributed by atoms with Crippen LogP contribution in [0.3, 0.4) is 0 Å². The predicted octanol–water partition coefficient (Wildman–Crippen LogP) is 0.869. The van der Waals surface area contributed by atoms with Crippen molar-refractivity contribution in [2.75, 3.05) is 0 Å². The maximum Gasteiger partial charge on any atom is 0.305 e. The van der Waals surface area contributed by atoms with E-state index in [1.807, 2.05) is 0 Å². The van der Waals surface area contributed by atoms with Gasteiger partial charge < -0.3 is 5.53 Å². The third-order valence-corrected chi connectivity index (χ3v) is 0.940. The molecular weight excluding hydrogens is 133 g/mol. The fourth-order valence-corrected chi connectivity index (χ4v) is 0.523. The minimum Gasteiger partial charge on any atom is -0.361 e. The minimum atomic E-state index is -0.407. The van der Waals surface area contributed by atoms with Crippen LogP contribution in [0.25, 0.3) is 5.53 Å². The fraction of sp³-hybridized carbons (Fsp3) is 0. The molecule has 0 N–H and O–H groups in total. The maximum absolute atomic E-state index is 12.2. The second-order valence-corrected chi connectivity index (χ2v) is 1.65. The van der Waals surface area contributed by atoms with E-state index in [0.717, 1.165) is 12.4 Å². The Labute approximate surface area is 56.8 Å². The first-order chi connectivity index (χ1) is 4.83. The summed E-state index contributed by atoms with van der Waals surface area (Å²) in [5, 5.41) is 0. The Balaban J connectivity index is 3.00. The highest BCUT2D eigenvalue weighted by Gasteiger charge is 1.92. The zero-order valence-corrected chi connectivity index (χ0v) is 5.03. The highest BCUT2D eigenvalue weighted by Crippen LogP contribution is 1.93. The first-order valence-electron chi connectivity index (χ1n) is 2.62. The molecule has 4 heteroatoms. The fourth-order valence-electron chi connectivity index (χ4n) is 0.523. The van der Waals surface area contributed by atoms with Gasteiger partial charge in [-0.1, -0.05) is 0 Å². The number of aromatic nitrogens is 1. The van der Waals surface area contributed by atoms with Gasteiger partial charge in [0.05, 0.1) is 6.20 Å². The summed E-state index contributed by atoms with van der Waals surface area (Å²) < 4.78 is 12.2. The van der Waals surface area contributed by atoms with Crippen LogP contribution in [0, 0.1) is 5.82 Å². The molecule has 0 aromatic carbocycles. The summed E-state index contributed by atoms with van der Waals surface area (Å²) in [6, 6.07) is 2.65. The maximum atomic E-state index is 12.2.